The third-order valence-electron chi connectivity index (χ3n) is 7.61. The third-order valence-corrected chi connectivity index (χ3v) is 12.7. The van der Waals surface area contributed by atoms with E-state index in [-0.39, 0.29) is 28.9 Å². The lowest BCUT2D eigenvalue weighted by molar-refractivity contribution is -0.159. The molecule has 11 heteroatoms. The molecular formula is C28H35N5O5Si. The molecule has 1 aromatic carbocycles. The Hall–Kier alpha value is -3.30. The van der Waals surface area contributed by atoms with E-state index in [0.717, 1.165) is 5.56 Å². The van der Waals surface area contributed by atoms with Crippen LogP contribution in [0.15, 0.2) is 48.8 Å². The number of ether oxygens (including phenoxy) is 2. The maximum Gasteiger partial charge on any atom is 0.349 e. The molecule has 0 aliphatic carbocycles. The van der Waals surface area contributed by atoms with Crippen LogP contribution < -0.4 is 5.73 Å². The number of nitriles is 1. The minimum Gasteiger partial charge on any atom is -0.455 e. The van der Waals surface area contributed by atoms with E-state index in [9.17, 15) is 10.1 Å². The highest BCUT2D eigenvalue weighted by molar-refractivity contribution is 6.73. The van der Waals surface area contributed by atoms with Crippen molar-refractivity contribution in [1.82, 2.24) is 14.6 Å². The molecule has 39 heavy (non-hydrogen) atoms. The van der Waals surface area contributed by atoms with Gasteiger partial charge in [-0.1, -0.05) is 71.9 Å². The van der Waals surface area contributed by atoms with Crippen molar-refractivity contribution in [3.05, 3.63) is 60.0 Å². The zero-order valence-electron chi connectivity index (χ0n) is 23.2. The molecule has 0 radical (unpaired) electrons. The third kappa shape index (κ3) is 4.32. The quantitative estimate of drug-likeness (QED) is 0.378. The van der Waals surface area contributed by atoms with Crippen LogP contribution in [0, 0.1) is 11.3 Å². The Kier molecular flexibility index (Phi) is 6.58. The lowest BCUT2D eigenvalue weighted by Crippen LogP contribution is -2.65. The van der Waals surface area contributed by atoms with Gasteiger partial charge < -0.3 is 24.1 Å². The molecule has 10 nitrogen and oxygen atoms in total. The van der Waals surface area contributed by atoms with Crippen molar-refractivity contribution in [2.75, 3.05) is 12.3 Å². The Morgan fingerprint density at radius 2 is 1.87 bits per heavy atom. The maximum atomic E-state index is 13.4. The predicted octanol–water partition coefficient (Wildman–Crippen LogP) is 4.04. The van der Waals surface area contributed by atoms with Crippen LogP contribution in [0.25, 0.3) is 5.52 Å². The van der Waals surface area contributed by atoms with Crippen LogP contribution in [0.1, 0.15) is 52.8 Å². The molecule has 4 atom stereocenters. The number of aromatic nitrogens is 3. The van der Waals surface area contributed by atoms with Crippen molar-refractivity contribution in [2.24, 2.45) is 0 Å². The van der Waals surface area contributed by atoms with Gasteiger partial charge in [-0.15, -0.1) is 0 Å². The number of esters is 1. The van der Waals surface area contributed by atoms with E-state index in [1.165, 1.54) is 10.8 Å². The number of hydrogen-bond donors (Lipinski definition) is 1. The number of hydrogen-bond acceptors (Lipinski definition) is 9. The highest BCUT2D eigenvalue weighted by Crippen LogP contribution is 2.57. The van der Waals surface area contributed by atoms with Gasteiger partial charge in [0.05, 0.1) is 18.7 Å². The summed E-state index contributed by atoms with van der Waals surface area (Å²) < 4.78 is 27.8. The topological polar surface area (TPSA) is 134 Å². The molecule has 2 aliphatic heterocycles. The Morgan fingerprint density at radius 1 is 1.18 bits per heavy atom. The molecule has 0 amide bonds. The summed E-state index contributed by atoms with van der Waals surface area (Å²) in [4.78, 5) is 17.4. The smallest absolute Gasteiger partial charge is 0.349 e. The van der Waals surface area contributed by atoms with Gasteiger partial charge in [-0.3, -0.25) is 4.79 Å². The fourth-order valence-electron chi connectivity index (χ4n) is 6.09. The molecular weight excluding hydrogens is 514 g/mol. The number of fused-ring (bicyclic) bond motifs is 2. The van der Waals surface area contributed by atoms with E-state index in [4.69, 9.17) is 24.1 Å². The number of nitrogens with two attached hydrogens (primary N) is 1. The summed E-state index contributed by atoms with van der Waals surface area (Å²) in [5.74, 6) is -0.234. The minimum absolute atomic E-state index is 0.0396. The predicted molar refractivity (Wildman–Crippen MR) is 146 cm³/mol. The van der Waals surface area contributed by atoms with Crippen LogP contribution in [-0.4, -0.2) is 54.0 Å². The summed E-state index contributed by atoms with van der Waals surface area (Å²) in [6, 6.07) is 15.1. The zero-order valence-corrected chi connectivity index (χ0v) is 24.2. The van der Waals surface area contributed by atoms with Crippen LogP contribution in [0.5, 0.6) is 0 Å². The van der Waals surface area contributed by atoms with E-state index in [1.807, 2.05) is 30.3 Å². The number of nitrogen functional groups attached to an aromatic ring is 1. The molecule has 2 N–H and O–H groups in total. The molecule has 2 fully saturated rings. The second kappa shape index (κ2) is 9.41. The average Bonchev–Trinajstić information content (AvgIpc) is 3.44. The number of benzene rings is 1. The summed E-state index contributed by atoms with van der Waals surface area (Å²) in [5, 5.41) is 14.4. The second-order valence-corrected chi connectivity index (χ2v) is 17.0. The lowest BCUT2D eigenvalue weighted by atomic mass is 9.92. The molecule has 2 aromatic heterocycles. The number of carbonyl (C=O) groups is 1. The molecule has 0 spiro atoms. The Balaban J connectivity index is 1.62. The lowest BCUT2D eigenvalue weighted by Gasteiger charge is -2.53. The van der Waals surface area contributed by atoms with Gasteiger partial charge in [-0.25, -0.2) is 9.50 Å². The van der Waals surface area contributed by atoms with E-state index in [0.29, 0.717) is 11.2 Å². The normalized spacial score (nSPS) is 26.6. The van der Waals surface area contributed by atoms with Crippen LogP contribution >= 0.6 is 0 Å². The molecule has 5 rings (SSSR count). The fourth-order valence-corrected chi connectivity index (χ4v) is 11.0. The Labute approximate surface area is 229 Å². The summed E-state index contributed by atoms with van der Waals surface area (Å²) in [6.45, 7) is 12.8. The number of rotatable bonds is 4. The zero-order chi connectivity index (χ0) is 28.2. The van der Waals surface area contributed by atoms with Gasteiger partial charge >= 0.3 is 14.5 Å². The van der Waals surface area contributed by atoms with Gasteiger partial charge in [0.1, 0.15) is 30.1 Å². The van der Waals surface area contributed by atoms with Gasteiger partial charge in [0, 0.05) is 10.1 Å². The summed E-state index contributed by atoms with van der Waals surface area (Å²) in [5.41, 5.74) is 6.05. The molecule has 3 aromatic rings. The van der Waals surface area contributed by atoms with E-state index in [1.54, 1.807) is 12.1 Å². The van der Waals surface area contributed by atoms with Crippen molar-refractivity contribution < 1.29 is 23.1 Å². The Bertz CT molecular complexity index is 1410. The Morgan fingerprint density at radius 3 is 2.51 bits per heavy atom. The van der Waals surface area contributed by atoms with Gasteiger partial charge in [0.15, 0.2) is 11.9 Å². The first-order chi connectivity index (χ1) is 18.3. The number of anilines is 1. The highest BCUT2D eigenvalue weighted by Gasteiger charge is 2.69. The molecule has 0 bridgehead atoms. The SMILES string of the molecule is CC(C)(C)[Si]1(C(C)(C)C)OCC2OC(C#N)(c3ccc4c(N)ncnn34)C(OC(=O)Cc3ccccc3)C2O1. The number of nitrogens with zero attached hydrogens (tertiary/aromatic N) is 4. The molecule has 0 saturated carbocycles. The van der Waals surface area contributed by atoms with Crippen molar-refractivity contribution in [3.63, 3.8) is 0 Å². The van der Waals surface area contributed by atoms with Crippen LogP contribution in [0.2, 0.25) is 10.1 Å². The summed E-state index contributed by atoms with van der Waals surface area (Å²) >= 11 is 0. The van der Waals surface area contributed by atoms with Gasteiger partial charge in [0.2, 0.25) is 5.60 Å². The van der Waals surface area contributed by atoms with Crippen LogP contribution in [-0.2, 0) is 35.1 Å². The molecule has 2 aliphatic rings. The van der Waals surface area contributed by atoms with Gasteiger partial charge in [0.25, 0.3) is 0 Å². The van der Waals surface area contributed by atoms with Crippen LogP contribution in [0.3, 0.4) is 0 Å². The largest absolute Gasteiger partial charge is 0.455 e. The standard InChI is InChI=1S/C28H35N5O5Si/c1-26(2,3)39(27(4,5)6)35-15-20-23(38-39)24(36-22(34)14-18-10-8-7-9-11-18)28(16-29,37-20)21-13-12-19-25(30)31-17-32-33(19)21/h7-13,17,20,23-24H,14-15H2,1-6H3,(H2,30,31,32). The summed E-state index contributed by atoms with van der Waals surface area (Å²) in [6.07, 6.45) is -1.11. The molecule has 206 valence electrons. The van der Waals surface area contributed by atoms with E-state index in [2.05, 4.69) is 57.7 Å². The van der Waals surface area contributed by atoms with Gasteiger partial charge in [-0.05, 0) is 17.7 Å². The maximum absolute atomic E-state index is 13.4. The first-order valence-corrected chi connectivity index (χ1v) is 14.9. The van der Waals surface area contributed by atoms with E-state index < -0.39 is 38.4 Å². The number of carbonyl (C=O) groups excluding carboxylic acids is 1. The fraction of sp³-hybridized carbons (Fsp3) is 0.500. The minimum atomic E-state index is -2.99. The second-order valence-electron chi connectivity index (χ2n) is 12.2. The van der Waals surface area contributed by atoms with Crippen LogP contribution in [0.4, 0.5) is 5.82 Å². The molecule has 4 heterocycles. The monoisotopic (exact) mass is 549 g/mol. The van der Waals surface area contributed by atoms with Crippen molar-refractivity contribution in [3.8, 4) is 6.07 Å². The van der Waals surface area contributed by atoms with E-state index >= 15 is 0 Å². The average molecular weight is 550 g/mol. The van der Waals surface area contributed by atoms with Crippen molar-refractivity contribution >= 4 is 25.9 Å². The molecule has 4 unspecified atom stereocenters. The highest BCUT2D eigenvalue weighted by atomic mass is 28.4. The summed E-state index contributed by atoms with van der Waals surface area (Å²) in [7, 11) is -2.99. The first kappa shape index (κ1) is 27.3. The van der Waals surface area contributed by atoms with Crippen molar-refractivity contribution in [2.45, 2.75) is 82.0 Å². The molecule has 2 saturated heterocycles. The van der Waals surface area contributed by atoms with Gasteiger partial charge in [-0.2, -0.15) is 10.4 Å². The van der Waals surface area contributed by atoms with Crippen molar-refractivity contribution in [1.29, 1.82) is 5.26 Å². The first-order valence-electron chi connectivity index (χ1n) is 13.1.